The minimum atomic E-state index is -3.68. The highest BCUT2D eigenvalue weighted by atomic mass is 32.2. The van der Waals surface area contributed by atoms with Crippen molar-refractivity contribution in [3.8, 4) is 5.75 Å². The van der Waals surface area contributed by atoms with Crippen molar-refractivity contribution in [2.75, 3.05) is 7.11 Å². The normalized spacial score (nSPS) is 11.6. The predicted octanol–water partition coefficient (Wildman–Crippen LogP) is 1.40. The summed E-state index contributed by atoms with van der Waals surface area (Å²) in [7, 11) is -2.24. The molecule has 8 heteroatoms. The van der Waals surface area contributed by atoms with E-state index in [1.54, 1.807) is 18.3 Å². The zero-order valence-corrected chi connectivity index (χ0v) is 13.4. The molecule has 0 atom stereocenters. The lowest BCUT2D eigenvalue weighted by Crippen LogP contribution is -2.23. The first kappa shape index (κ1) is 15.9. The first-order valence-corrected chi connectivity index (χ1v) is 8.54. The summed E-state index contributed by atoms with van der Waals surface area (Å²) >= 11 is 1.45. The fourth-order valence-electron chi connectivity index (χ4n) is 1.79. The molecular weight excluding hydrogens is 310 g/mol. The van der Waals surface area contributed by atoms with E-state index in [-0.39, 0.29) is 18.0 Å². The summed E-state index contributed by atoms with van der Waals surface area (Å²) < 4.78 is 32.5. The van der Waals surface area contributed by atoms with Gasteiger partial charge in [-0.25, -0.2) is 18.1 Å². The second kappa shape index (κ2) is 6.52. The molecule has 0 aliphatic carbocycles. The maximum atomic E-state index is 12.4. The van der Waals surface area contributed by atoms with Crippen molar-refractivity contribution in [2.24, 2.45) is 5.73 Å². The highest BCUT2D eigenvalue weighted by molar-refractivity contribution is 7.89. The van der Waals surface area contributed by atoms with Crippen molar-refractivity contribution < 1.29 is 13.2 Å². The lowest BCUT2D eigenvalue weighted by Gasteiger charge is -2.11. The number of hydrogen-bond donors (Lipinski definition) is 2. The second-order valence-electron chi connectivity index (χ2n) is 4.36. The summed E-state index contributed by atoms with van der Waals surface area (Å²) in [6, 6.07) is 4.87. The first-order valence-electron chi connectivity index (χ1n) is 6.24. The molecule has 0 amide bonds. The summed E-state index contributed by atoms with van der Waals surface area (Å²) in [5.41, 5.74) is 6.29. The van der Waals surface area contributed by atoms with E-state index in [1.807, 2.05) is 6.92 Å². The Morgan fingerprint density at radius 1 is 1.43 bits per heavy atom. The van der Waals surface area contributed by atoms with E-state index in [2.05, 4.69) is 9.71 Å². The third kappa shape index (κ3) is 3.79. The average Bonchev–Trinajstić information content (AvgIpc) is 2.90. The lowest BCUT2D eigenvalue weighted by atomic mass is 10.2. The van der Waals surface area contributed by atoms with Gasteiger partial charge in [0.1, 0.15) is 10.6 Å². The van der Waals surface area contributed by atoms with Crippen LogP contribution in [0.15, 0.2) is 29.3 Å². The topological polar surface area (TPSA) is 94.3 Å². The number of nitrogens with one attached hydrogen (secondary N) is 1. The van der Waals surface area contributed by atoms with Crippen LogP contribution in [0.25, 0.3) is 0 Å². The molecule has 0 radical (unpaired) electrons. The quantitative estimate of drug-likeness (QED) is 0.836. The van der Waals surface area contributed by atoms with Gasteiger partial charge in [-0.2, -0.15) is 0 Å². The van der Waals surface area contributed by atoms with Gasteiger partial charge in [-0.15, -0.1) is 11.3 Å². The zero-order chi connectivity index (χ0) is 15.5. The van der Waals surface area contributed by atoms with E-state index in [0.29, 0.717) is 5.75 Å². The number of benzene rings is 1. The second-order valence-corrected chi connectivity index (χ2v) is 7.41. The maximum Gasteiger partial charge on any atom is 0.244 e. The monoisotopic (exact) mass is 327 g/mol. The molecule has 0 spiro atoms. The van der Waals surface area contributed by atoms with Crippen LogP contribution in [0, 0.1) is 6.92 Å². The molecule has 2 rings (SSSR count). The molecule has 1 heterocycles. The molecule has 0 fully saturated rings. The van der Waals surface area contributed by atoms with Gasteiger partial charge in [-0.3, -0.25) is 0 Å². The molecular formula is C13H17N3O3S2. The van der Waals surface area contributed by atoms with Crippen LogP contribution in [-0.2, 0) is 23.1 Å². The van der Waals surface area contributed by atoms with Crippen LogP contribution < -0.4 is 15.2 Å². The van der Waals surface area contributed by atoms with E-state index < -0.39 is 10.0 Å². The van der Waals surface area contributed by atoms with Gasteiger partial charge in [0.25, 0.3) is 0 Å². The summed E-state index contributed by atoms with van der Waals surface area (Å²) in [6.45, 7) is 2.33. The van der Waals surface area contributed by atoms with Gasteiger partial charge in [0, 0.05) is 24.2 Å². The Hall–Kier alpha value is -1.48. The number of methoxy groups -OCH3 is 1. The van der Waals surface area contributed by atoms with Crippen molar-refractivity contribution in [1.29, 1.82) is 0 Å². The van der Waals surface area contributed by atoms with Gasteiger partial charge in [0.15, 0.2) is 0 Å². The van der Waals surface area contributed by atoms with Gasteiger partial charge in [-0.1, -0.05) is 6.07 Å². The van der Waals surface area contributed by atoms with Gasteiger partial charge in [0.2, 0.25) is 10.0 Å². The van der Waals surface area contributed by atoms with Gasteiger partial charge in [-0.05, 0) is 24.6 Å². The third-order valence-corrected chi connectivity index (χ3v) is 5.19. The molecule has 0 unspecified atom stereocenters. The van der Waals surface area contributed by atoms with Gasteiger partial charge >= 0.3 is 0 Å². The van der Waals surface area contributed by atoms with Crippen LogP contribution in [0.5, 0.6) is 5.75 Å². The molecule has 0 saturated carbocycles. The van der Waals surface area contributed by atoms with Gasteiger partial charge < -0.3 is 10.5 Å². The van der Waals surface area contributed by atoms with Crippen LogP contribution in [0.3, 0.4) is 0 Å². The maximum absolute atomic E-state index is 12.4. The van der Waals surface area contributed by atoms with Crippen LogP contribution in [0.2, 0.25) is 0 Å². The van der Waals surface area contributed by atoms with E-state index in [0.717, 1.165) is 15.4 Å². The van der Waals surface area contributed by atoms with Crippen LogP contribution in [0.4, 0.5) is 0 Å². The number of rotatable bonds is 6. The van der Waals surface area contributed by atoms with Crippen molar-refractivity contribution in [2.45, 2.75) is 24.9 Å². The van der Waals surface area contributed by atoms with Crippen LogP contribution in [0.1, 0.15) is 15.4 Å². The van der Waals surface area contributed by atoms with Crippen LogP contribution >= 0.6 is 11.3 Å². The Kier molecular flexibility index (Phi) is 4.94. The predicted molar refractivity (Wildman–Crippen MR) is 81.8 cm³/mol. The fraction of sp³-hybridized carbons (Fsp3) is 0.308. The van der Waals surface area contributed by atoms with Crippen molar-refractivity contribution in [1.82, 2.24) is 9.71 Å². The number of hydrogen-bond acceptors (Lipinski definition) is 6. The lowest BCUT2D eigenvalue weighted by molar-refractivity contribution is 0.402. The molecule has 6 nitrogen and oxygen atoms in total. The molecule has 1 aromatic carbocycles. The van der Waals surface area contributed by atoms with E-state index in [1.165, 1.54) is 24.5 Å². The molecule has 1 aromatic heterocycles. The SMILES string of the molecule is COc1ccc(CN)cc1S(=O)(=O)NCc1cnc(C)s1. The van der Waals surface area contributed by atoms with Crippen LogP contribution in [-0.4, -0.2) is 20.5 Å². The number of thiazole rings is 1. The molecule has 0 saturated heterocycles. The average molecular weight is 327 g/mol. The molecule has 114 valence electrons. The van der Waals surface area contributed by atoms with Gasteiger partial charge in [0.05, 0.1) is 12.1 Å². The minimum absolute atomic E-state index is 0.0918. The number of nitrogens with two attached hydrogens (primary N) is 1. The van der Waals surface area contributed by atoms with E-state index >= 15 is 0 Å². The number of aryl methyl sites for hydroxylation is 1. The van der Waals surface area contributed by atoms with Crippen molar-refractivity contribution >= 4 is 21.4 Å². The molecule has 2 aromatic rings. The Morgan fingerprint density at radius 2 is 2.19 bits per heavy atom. The summed E-state index contributed by atoms with van der Waals surface area (Å²) in [5.74, 6) is 0.292. The Bertz CT molecular complexity index is 726. The number of ether oxygens (including phenoxy) is 1. The first-order chi connectivity index (χ1) is 9.96. The third-order valence-electron chi connectivity index (χ3n) is 2.86. The molecule has 0 bridgehead atoms. The fourth-order valence-corrected chi connectivity index (χ4v) is 3.84. The number of sulfonamides is 1. The Labute approximate surface area is 128 Å². The highest BCUT2D eigenvalue weighted by Gasteiger charge is 2.20. The Morgan fingerprint density at radius 3 is 2.76 bits per heavy atom. The Balaban J connectivity index is 2.26. The van der Waals surface area contributed by atoms with Crippen molar-refractivity contribution in [3.05, 3.63) is 39.8 Å². The highest BCUT2D eigenvalue weighted by Crippen LogP contribution is 2.25. The molecule has 0 aliphatic heterocycles. The summed E-state index contributed by atoms with van der Waals surface area (Å²) in [5, 5.41) is 0.895. The van der Waals surface area contributed by atoms with Crippen molar-refractivity contribution in [3.63, 3.8) is 0 Å². The zero-order valence-electron chi connectivity index (χ0n) is 11.8. The smallest absolute Gasteiger partial charge is 0.244 e. The summed E-state index contributed by atoms with van der Waals surface area (Å²) in [6.07, 6.45) is 1.66. The largest absolute Gasteiger partial charge is 0.495 e. The molecule has 3 N–H and O–H groups in total. The molecule has 21 heavy (non-hydrogen) atoms. The van der Waals surface area contributed by atoms with E-state index in [4.69, 9.17) is 10.5 Å². The standard InChI is InChI=1S/C13H17N3O3S2/c1-9-15-7-11(20-9)8-16-21(17,18)13-5-10(6-14)3-4-12(13)19-2/h3-5,7,16H,6,8,14H2,1-2H3. The number of aromatic nitrogens is 1. The number of nitrogens with zero attached hydrogens (tertiary/aromatic N) is 1. The van der Waals surface area contributed by atoms with E-state index in [9.17, 15) is 8.42 Å². The minimum Gasteiger partial charge on any atom is -0.495 e. The summed E-state index contributed by atoms with van der Waals surface area (Å²) in [4.78, 5) is 5.04. The molecule has 0 aliphatic rings.